The summed E-state index contributed by atoms with van der Waals surface area (Å²) < 4.78 is 22.8. The number of carbonyl (C=O) groups is 1. The number of ether oxygens (including phenoxy) is 4. The van der Waals surface area contributed by atoms with Crippen molar-refractivity contribution in [1.29, 1.82) is 0 Å². The molecular weight excluding hydrogens is 1010 g/mol. The highest BCUT2D eigenvalue weighted by Gasteiger charge is 2.51. The minimum absolute atomic E-state index is 0.235. The summed E-state index contributed by atoms with van der Waals surface area (Å²) in [5.74, 6) is -0.235. The van der Waals surface area contributed by atoms with E-state index >= 15 is 0 Å². The number of amides is 1. The highest BCUT2D eigenvalue weighted by Crippen LogP contribution is 2.30. The predicted molar refractivity (Wildman–Crippen MR) is 323 cm³/mol. The van der Waals surface area contributed by atoms with Crippen LogP contribution >= 0.6 is 0 Å². The van der Waals surface area contributed by atoms with Gasteiger partial charge in [0.25, 0.3) is 0 Å². The van der Waals surface area contributed by atoms with Gasteiger partial charge in [0, 0.05) is 6.42 Å². The van der Waals surface area contributed by atoms with Gasteiger partial charge in [-0.25, -0.2) is 0 Å². The molecular formula is C66H127NO13. The first kappa shape index (κ1) is 74.8. The number of hydrogen-bond donors (Lipinski definition) is 9. The quantitative estimate of drug-likeness (QED) is 0.0204. The van der Waals surface area contributed by atoms with E-state index in [1.807, 2.05) is 6.08 Å². The summed E-state index contributed by atoms with van der Waals surface area (Å²) in [5.41, 5.74) is 0. The van der Waals surface area contributed by atoms with Crippen molar-refractivity contribution in [3.63, 3.8) is 0 Å². The van der Waals surface area contributed by atoms with Crippen LogP contribution in [0.15, 0.2) is 12.2 Å². The normalized spacial score (nSPS) is 24.2. The molecule has 0 aliphatic carbocycles. The summed E-state index contributed by atoms with van der Waals surface area (Å²) in [5, 5.41) is 87.0. The Bertz CT molecular complexity index is 1390. The van der Waals surface area contributed by atoms with Crippen LogP contribution in [0, 0.1) is 0 Å². The summed E-state index contributed by atoms with van der Waals surface area (Å²) in [4.78, 5) is 13.2. The van der Waals surface area contributed by atoms with Crippen molar-refractivity contribution in [2.75, 3.05) is 19.8 Å². The molecule has 4 unspecified atom stereocenters. The van der Waals surface area contributed by atoms with E-state index in [1.165, 1.54) is 244 Å². The van der Waals surface area contributed by atoms with Gasteiger partial charge in [-0.1, -0.05) is 296 Å². The molecule has 2 aliphatic heterocycles. The lowest BCUT2D eigenvalue weighted by molar-refractivity contribution is -0.359. The molecule has 2 saturated heterocycles. The van der Waals surface area contributed by atoms with Crippen LogP contribution < -0.4 is 5.32 Å². The Morgan fingerprint density at radius 2 is 0.775 bits per heavy atom. The van der Waals surface area contributed by atoms with E-state index in [-0.39, 0.29) is 18.9 Å². The Kier molecular flexibility index (Phi) is 48.7. The van der Waals surface area contributed by atoms with Crippen molar-refractivity contribution < 1.29 is 64.6 Å². The molecule has 80 heavy (non-hydrogen) atoms. The summed E-state index contributed by atoms with van der Waals surface area (Å²) in [6, 6.07) is -0.908. The Labute approximate surface area is 488 Å². The fraction of sp³-hybridized carbons (Fsp3) is 0.955. The number of hydrogen-bond acceptors (Lipinski definition) is 13. The van der Waals surface area contributed by atoms with Gasteiger partial charge in [-0.2, -0.15) is 0 Å². The topological polar surface area (TPSA) is 228 Å². The van der Waals surface area contributed by atoms with Gasteiger partial charge in [-0.15, -0.1) is 0 Å². The lowest BCUT2D eigenvalue weighted by atomic mass is 9.97. The third kappa shape index (κ3) is 36.5. The first-order valence-electron chi connectivity index (χ1n) is 33.9. The molecule has 2 aliphatic rings. The van der Waals surface area contributed by atoms with Crippen LogP contribution in [-0.2, 0) is 23.7 Å². The molecule has 1 amide bonds. The van der Waals surface area contributed by atoms with Gasteiger partial charge in [-0.05, 0) is 19.3 Å². The molecule has 9 N–H and O–H groups in total. The van der Waals surface area contributed by atoms with Gasteiger partial charge in [-0.3, -0.25) is 4.79 Å². The minimum Gasteiger partial charge on any atom is -0.394 e. The number of aliphatic hydroxyl groups excluding tert-OH is 8. The number of allylic oxidation sites excluding steroid dienone is 1. The molecule has 0 radical (unpaired) electrons. The van der Waals surface area contributed by atoms with E-state index in [0.29, 0.717) is 6.42 Å². The average molecular weight is 1140 g/mol. The zero-order chi connectivity index (χ0) is 58.1. The molecule has 0 bridgehead atoms. The smallest absolute Gasteiger partial charge is 0.220 e. The molecule has 0 saturated carbocycles. The Hall–Kier alpha value is -1.27. The minimum atomic E-state index is -1.79. The predicted octanol–water partition coefficient (Wildman–Crippen LogP) is 13.0. The first-order valence-corrected chi connectivity index (χ1v) is 33.9. The fourth-order valence-corrected chi connectivity index (χ4v) is 11.5. The molecule has 0 spiro atoms. The maximum absolute atomic E-state index is 13.2. The maximum atomic E-state index is 13.2. The Morgan fingerprint density at radius 1 is 0.438 bits per heavy atom. The van der Waals surface area contributed by atoms with Crippen molar-refractivity contribution in [3.8, 4) is 0 Å². The van der Waals surface area contributed by atoms with E-state index in [1.54, 1.807) is 6.08 Å². The zero-order valence-corrected chi connectivity index (χ0v) is 51.4. The van der Waals surface area contributed by atoms with E-state index in [2.05, 4.69) is 19.2 Å². The molecule has 14 heteroatoms. The SMILES string of the molecule is CCCCCCCCCC/C=C/[C@@H](O)[C@H](CO[C@@H]1O[C@H](CO)[C@@H](O[C@@H]2O[C@H](CO)[C@H](O)C(O)C2O)C(O)C1O)NC(=O)CCCCCCCCCCCCCCCCCCCCCCCCCCCCCCCCCCCCCC. The number of aliphatic hydroxyl groups is 8. The standard InChI is InChI=1S/C66H127NO13/c1-3-5-7-9-11-13-15-16-17-18-19-20-21-22-23-24-25-26-27-28-29-30-31-32-33-34-35-36-37-38-39-40-42-44-46-48-50-58(71)67-54(55(70)49-47-45-43-41-14-12-10-8-6-4-2)53-77-65-63(76)61(74)64(57(52-69)79-65)80-66-62(75)60(73)59(72)56(51-68)78-66/h47,49,54-57,59-66,68-70,72-76H,3-46,48,50-53H2,1-2H3,(H,67,71)/b49-47+/t54-,55+,56+,57+,59-,60?,61?,62?,63?,64+,65+,66-/m0/s1. The number of carbonyl (C=O) groups excluding carboxylic acids is 1. The van der Waals surface area contributed by atoms with Crippen LogP contribution in [0.25, 0.3) is 0 Å². The maximum Gasteiger partial charge on any atom is 0.220 e. The second-order valence-electron chi connectivity index (χ2n) is 24.3. The van der Waals surface area contributed by atoms with Gasteiger partial charge < -0.3 is 65.1 Å². The summed E-state index contributed by atoms with van der Waals surface area (Å²) in [6.07, 6.45) is 46.0. The van der Waals surface area contributed by atoms with Gasteiger partial charge in [0.2, 0.25) is 5.91 Å². The van der Waals surface area contributed by atoms with E-state index in [0.717, 1.165) is 38.5 Å². The van der Waals surface area contributed by atoms with Crippen LogP contribution in [0.2, 0.25) is 0 Å². The highest BCUT2D eigenvalue weighted by atomic mass is 16.7. The average Bonchev–Trinajstić information content (AvgIpc) is 3.54. The fourth-order valence-electron chi connectivity index (χ4n) is 11.5. The highest BCUT2D eigenvalue weighted by molar-refractivity contribution is 5.76. The Balaban J connectivity index is 1.54. The van der Waals surface area contributed by atoms with Crippen molar-refractivity contribution in [2.45, 2.75) is 383 Å². The lowest BCUT2D eigenvalue weighted by Gasteiger charge is -2.46. The summed E-state index contributed by atoms with van der Waals surface area (Å²) >= 11 is 0. The van der Waals surface area contributed by atoms with Crippen LogP contribution in [0.5, 0.6) is 0 Å². The molecule has 474 valence electrons. The zero-order valence-electron chi connectivity index (χ0n) is 51.4. The van der Waals surface area contributed by atoms with E-state index in [9.17, 15) is 45.6 Å². The van der Waals surface area contributed by atoms with Gasteiger partial charge in [0.15, 0.2) is 12.6 Å². The summed E-state index contributed by atoms with van der Waals surface area (Å²) in [6.45, 7) is 2.80. The second kappa shape index (κ2) is 52.1. The molecule has 0 aromatic carbocycles. The third-order valence-electron chi connectivity index (χ3n) is 17.0. The first-order chi connectivity index (χ1) is 39.1. The van der Waals surface area contributed by atoms with Crippen LogP contribution in [0.4, 0.5) is 0 Å². The molecule has 14 nitrogen and oxygen atoms in total. The number of nitrogens with one attached hydrogen (secondary N) is 1. The molecule has 0 aromatic rings. The van der Waals surface area contributed by atoms with Gasteiger partial charge >= 0.3 is 0 Å². The molecule has 0 aromatic heterocycles. The monoisotopic (exact) mass is 1140 g/mol. The third-order valence-corrected chi connectivity index (χ3v) is 17.0. The van der Waals surface area contributed by atoms with E-state index in [4.69, 9.17) is 18.9 Å². The van der Waals surface area contributed by atoms with Crippen LogP contribution in [0.1, 0.15) is 309 Å². The summed E-state index contributed by atoms with van der Waals surface area (Å²) in [7, 11) is 0. The largest absolute Gasteiger partial charge is 0.394 e. The number of unbranched alkanes of at least 4 members (excludes halogenated alkanes) is 43. The van der Waals surface area contributed by atoms with Crippen LogP contribution in [0.3, 0.4) is 0 Å². The van der Waals surface area contributed by atoms with Crippen LogP contribution in [-0.4, -0.2) is 140 Å². The van der Waals surface area contributed by atoms with Crippen molar-refractivity contribution >= 4 is 5.91 Å². The van der Waals surface area contributed by atoms with Gasteiger partial charge in [0.1, 0.15) is 48.8 Å². The second-order valence-corrected chi connectivity index (χ2v) is 24.3. The van der Waals surface area contributed by atoms with Gasteiger partial charge in [0.05, 0.1) is 32.0 Å². The molecule has 2 heterocycles. The lowest BCUT2D eigenvalue weighted by Crippen LogP contribution is -2.65. The van der Waals surface area contributed by atoms with Crippen molar-refractivity contribution in [3.05, 3.63) is 12.2 Å². The molecule has 2 rings (SSSR count). The molecule has 2 fully saturated rings. The molecule has 12 atom stereocenters. The number of rotatable bonds is 56. The van der Waals surface area contributed by atoms with Crippen molar-refractivity contribution in [1.82, 2.24) is 5.32 Å². The Morgan fingerprint density at radius 3 is 1.15 bits per heavy atom. The van der Waals surface area contributed by atoms with E-state index < -0.39 is 86.8 Å². The van der Waals surface area contributed by atoms with Crippen molar-refractivity contribution in [2.24, 2.45) is 0 Å².